The second-order valence-electron chi connectivity index (χ2n) is 6.62. The Balaban J connectivity index is 1.80. The van der Waals surface area contributed by atoms with E-state index in [1.807, 2.05) is 54.6 Å². The summed E-state index contributed by atoms with van der Waals surface area (Å²) in [6.07, 6.45) is 0.532. The number of aromatic carboxylic acids is 1. The van der Waals surface area contributed by atoms with Crippen molar-refractivity contribution in [2.24, 2.45) is 0 Å². The van der Waals surface area contributed by atoms with Gasteiger partial charge in [0.2, 0.25) is 5.91 Å². The Hall–Kier alpha value is -3.60. The van der Waals surface area contributed by atoms with Gasteiger partial charge in [-0.15, -0.1) is 0 Å². The first kappa shape index (κ1) is 20.1. The average Bonchev–Trinajstić information content (AvgIpc) is 2.76. The molecule has 1 amide bonds. The van der Waals surface area contributed by atoms with Gasteiger partial charge in [0.15, 0.2) is 0 Å². The zero-order valence-electron chi connectivity index (χ0n) is 16.2. The highest BCUT2D eigenvalue weighted by molar-refractivity contribution is 5.89. The number of para-hydroxylation sites is 1. The molecule has 0 fully saturated rings. The predicted octanol–water partition coefficient (Wildman–Crippen LogP) is 4.23. The highest BCUT2D eigenvalue weighted by Crippen LogP contribution is 2.30. The summed E-state index contributed by atoms with van der Waals surface area (Å²) in [4.78, 5) is 24.1. The fourth-order valence-corrected chi connectivity index (χ4v) is 3.32. The highest BCUT2D eigenvalue weighted by atomic mass is 16.5. The van der Waals surface area contributed by atoms with E-state index < -0.39 is 5.97 Å². The zero-order chi connectivity index (χ0) is 20.6. The number of benzene rings is 3. The lowest BCUT2D eigenvalue weighted by atomic mass is 9.97. The molecule has 0 bridgehead atoms. The molecule has 0 saturated carbocycles. The number of carboxylic acids is 1. The molecule has 29 heavy (non-hydrogen) atoms. The van der Waals surface area contributed by atoms with E-state index in [4.69, 9.17) is 4.74 Å². The fraction of sp³-hybridized carbons (Fsp3) is 0.167. The van der Waals surface area contributed by atoms with Gasteiger partial charge in [0.25, 0.3) is 0 Å². The predicted molar refractivity (Wildman–Crippen MR) is 111 cm³/mol. The zero-order valence-corrected chi connectivity index (χ0v) is 16.2. The molecular formula is C24H23NO4. The van der Waals surface area contributed by atoms with E-state index in [1.165, 1.54) is 0 Å². The number of amides is 1. The Morgan fingerprint density at radius 3 is 2.31 bits per heavy atom. The quantitative estimate of drug-likeness (QED) is 0.604. The average molecular weight is 389 g/mol. The summed E-state index contributed by atoms with van der Waals surface area (Å²) in [5, 5.41) is 12.4. The molecule has 3 aromatic carbocycles. The summed E-state index contributed by atoms with van der Waals surface area (Å²) in [5.41, 5.74) is 2.67. The molecule has 3 aromatic rings. The first-order valence-electron chi connectivity index (χ1n) is 9.38. The number of ether oxygens (including phenoxy) is 1. The molecular weight excluding hydrogens is 366 g/mol. The van der Waals surface area contributed by atoms with Crippen molar-refractivity contribution in [1.82, 2.24) is 5.32 Å². The van der Waals surface area contributed by atoms with Crippen LogP contribution in [0.25, 0.3) is 0 Å². The number of nitrogens with one attached hydrogen (secondary N) is 1. The first-order chi connectivity index (χ1) is 14.1. The van der Waals surface area contributed by atoms with Gasteiger partial charge in [-0.25, -0.2) is 4.79 Å². The SMILES string of the molecule is COc1ccccc1C(NC(=O)CCc1ccccc1C(=O)O)c1ccccc1. The van der Waals surface area contributed by atoms with E-state index in [-0.39, 0.29) is 23.9 Å². The van der Waals surface area contributed by atoms with E-state index >= 15 is 0 Å². The largest absolute Gasteiger partial charge is 0.496 e. The van der Waals surface area contributed by atoms with E-state index in [1.54, 1.807) is 31.4 Å². The van der Waals surface area contributed by atoms with Gasteiger partial charge in [0.1, 0.15) is 5.75 Å². The van der Waals surface area contributed by atoms with Crippen LogP contribution in [0.2, 0.25) is 0 Å². The highest BCUT2D eigenvalue weighted by Gasteiger charge is 2.20. The smallest absolute Gasteiger partial charge is 0.335 e. The minimum atomic E-state index is -0.989. The van der Waals surface area contributed by atoms with Crippen molar-refractivity contribution in [3.8, 4) is 5.75 Å². The Bertz CT molecular complexity index is 985. The minimum Gasteiger partial charge on any atom is -0.496 e. The van der Waals surface area contributed by atoms with Gasteiger partial charge in [-0.2, -0.15) is 0 Å². The van der Waals surface area contributed by atoms with Crippen molar-refractivity contribution in [2.75, 3.05) is 7.11 Å². The van der Waals surface area contributed by atoms with Gasteiger partial charge in [-0.3, -0.25) is 4.79 Å². The maximum atomic E-state index is 12.8. The van der Waals surface area contributed by atoms with E-state index in [0.29, 0.717) is 17.7 Å². The summed E-state index contributed by atoms with van der Waals surface area (Å²) in [5.74, 6) is -0.458. The Labute approximate surface area is 170 Å². The number of carbonyl (C=O) groups is 2. The Morgan fingerprint density at radius 1 is 0.931 bits per heavy atom. The van der Waals surface area contributed by atoms with Gasteiger partial charge in [-0.05, 0) is 29.7 Å². The molecule has 0 radical (unpaired) electrons. The van der Waals surface area contributed by atoms with Crippen LogP contribution in [-0.4, -0.2) is 24.1 Å². The third-order valence-corrected chi connectivity index (χ3v) is 4.76. The molecule has 0 aliphatic heterocycles. The van der Waals surface area contributed by atoms with Crippen LogP contribution in [0.5, 0.6) is 5.75 Å². The van der Waals surface area contributed by atoms with Crippen molar-refractivity contribution in [2.45, 2.75) is 18.9 Å². The van der Waals surface area contributed by atoms with E-state index in [0.717, 1.165) is 11.1 Å². The van der Waals surface area contributed by atoms with Crippen LogP contribution in [0, 0.1) is 0 Å². The van der Waals surface area contributed by atoms with Gasteiger partial charge < -0.3 is 15.2 Å². The van der Waals surface area contributed by atoms with Crippen molar-refractivity contribution in [3.63, 3.8) is 0 Å². The normalized spacial score (nSPS) is 11.5. The first-order valence-corrected chi connectivity index (χ1v) is 9.38. The van der Waals surface area contributed by atoms with Crippen molar-refractivity contribution < 1.29 is 19.4 Å². The molecule has 1 atom stereocenters. The molecule has 5 heteroatoms. The number of rotatable bonds is 8. The molecule has 5 nitrogen and oxygen atoms in total. The van der Waals surface area contributed by atoms with Gasteiger partial charge in [0.05, 0.1) is 18.7 Å². The topological polar surface area (TPSA) is 75.6 Å². The summed E-state index contributed by atoms with van der Waals surface area (Å²) >= 11 is 0. The fourth-order valence-electron chi connectivity index (χ4n) is 3.32. The summed E-state index contributed by atoms with van der Waals surface area (Å²) in [6, 6.07) is 23.6. The molecule has 1 unspecified atom stereocenters. The second kappa shape index (κ2) is 9.55. The molecule has 0 aliphatic carbocycles. The van der Waals surface area contributed by atoms with Crippen molar-refractivity contribution >= 4 is 11.9 Å². The van der Waals surface area contributed by atoms with Gasteiger partial charge >= 0.3 is 5.97 Å². The minimum absolute atomic E-state index is 0.162. The number of hydrogen-bond acceptors (Lipinski definition) is 3. The van der Waals surface area contributed by atoms with Crippen LogP contribution in [0.15, 0.2) is 78.9 Å². The molecule has 0 aromatic heterocycles. The van der Waals surface area contributed by atoms with Crippen LogP contribution in [0.4, 0.5) is 0 Å². The summed E-state index contributed by atoms with van der Waals surface area (Å²) in [7, 11) is 1.60. The van der Waals surface area contributed by atoms with Crippen LogP contribution < -0.4 is 10.1 Å². The standard InChI is InChI=1S/C24H23NO4/c1-29-21-14-8-7-13-20(21)23(18-10-3-2-4-11-18)25-22(26)16-15-17-9-5-6-12-19(17)24(27)28/h2-14,23H,15-16H2,1H3,(H,25,26)(H,27,28). The Kier molecular flexibility index (Phi) is 6.63. The second-order valence-corrected chi connectivity index (χ2v) is 6.62. The monoisotopic (exact) mass is 389 g/mol. The number of methoxy groups -OCH3 is 1. The number of carboxylic acid groups (broad SMARTS) is 1. The lowest BCUT2D eigenvalue weighted by molar-refractivity contribution is -0.121. The number of carbonyl (C=O) groups excluding carboxylic acids is 1. The molecule has 0 saturated heterocycles. The number of aryl methyl sites for hydroxylation is 1. The molecule has 148 valence electrons. The molecule has 2 N–H and O–H groups in total. The maximum Gasteiger partial charge on any atom is 0.335 e. The Morgan fingerprint density at radius 2 is 1.59 bits per heavy atom. The summed E-state index contributed by atoms with van der Waals surface area (Å²) < 4.78 is 5.48. The van der Waals surface area contributed by atoms with E-state index in [9.17, 15) is 14.7 Å². The molecule has 3 rings (SSSR count). The van der Waals surface area contributed by atoms with Crippen molar-refractivity contribution in [1.29, 1.82) is 0 Å². The van der Waals surface area contributed by atoms with Gasteiger partial charge in [0, 0.05) is 12.0 Å². The van der Waals surface area contributed by atoms with Crippen LogP contribution in [0.3, 0.4) is 0 Å². The molecule has 0 spiro atoms. The lowest BCUT2D eigenvalue weighted by Crippen LogP contribution is -2.30. The molecule has 0 heterocycles. The van der Waals surface area contributed by atoms with E-state index in [2.05, 4.69) is 5.32 Å². The third-order valence-electron chi connectivity index (χ3n) is 4.76. The maximum absolute atomic E-state index is 12.8. The lowest BCUT2D eigenvalue weighted by Gasteiger charge is -2.22. The van der Waals surface area contributed by atoms with Crippen molar-refractivity contribution in [3.05, 3.63) is 101 Å². The van der Waals surface area contributed by atoms with Crippen LogP contribution in [0.1, 0.15) is 39.5 Å². The molecule has 0 aliphatic rings. The van der Waals surface area contributed by atoms with Crippen LogP contribution in [-0.2, 0) is 11.2 Å². The van der Waals surface area contributed by atoms with Gasteiger partial charge in [-0.1, -0.05) is 66.7 Å². The third kappa shape index (κ3) is 5.02. The number of hydrogen-bond donors (Lipinski definition) is 2. The summed E-state index contributed by atoms with van der Waals surface area (Å²) in [6.45, 7) is 0. The van der Waals surface area contributed by atoms with Crippen LogP contribution >= 0.6 is 0 Å².